The first-order valence-corrected chi connectivity index (χ1v) is 6.87. The minimum atomic E-state index is 0.383. The van der Waals surface area contributed by atoms with Gasteiger partial charge in [-0.15, -0.1) is 0 Å². The fourth-order valence-corrected chi connectivity index (χ4v) is 3.11. The molecule has 2 rings (SSSR count). The minimum Gasteiger partial charge on any atom is -0.311 e. The molecule has 2 heteroatoms. The molecular formula is C14H28N2. The van der Waals surface area contributed by atoms with Gasteiger partial charge in [0.15, 0.2) is 0 Å². The Balaban J connectivity index is 1.96. The van der Waals surface area contributed by atoms with Gasteiger partial charge in [0.05, 0.1) is 0 Å². The van der Waals surface area contributed by atoms with Crippen molar-refractivity contribution < 1.29 is 0 Å². The van der Waals surface area contributed by atoms with Gasteiger partial charge in [-0.1, -0.05) is 27.7 Å². The molecule has 1 N–H and O–H groups in total. The number of piperazine rings is 1. The Bertz CT molecular complexity index is 238. The second-order valence-corrected chi connectivity index (χ2v) is 7.10. The summed E-state index contributed by atoms with van der Waals surface area (Å²) in [7, 11) is 0. The molecule has 1 saturated heterocycles. The van der Waals surface area contributed by atoms with Crippen molar-refractivity contribution in [2.45, 2.75) is 65.6 Å². The van der Waals surface area contributed by atoms with Gasteiger partial charge >= 0.3 is 0 Å². The molecule has 2 fully saturated rings. The summed E-state index contributed by atoms with van der Waals surface area (Å²) in [4.78, 5) is 2.76. The van der Waals surface area contributed by atoms with Crippen molar-refractivity contribution >= 4 is 0 Å². The van der Waals surface area contributed by atoms with E-state index < -0.39 is 0 Å². The van der Waals surface area contributed by atoms with Crippen LogP contribution in [0, 0.1) is 11.3 Å². The zero-order valence-electron chi connectivity index (χ0n) is 11.6. The topological polar surface area (TPSA) is 15.3 Å². The molecule has 1 aliphatic heterocycles. The van der Waals surface area contributed by atoms with E-state index >= 15 is 0 Å². The summed E-state index contributed by atoms with van der Waals surface area (Å²) in [5, 5.41) is 3.71. The molecule has 16 heavy (non-hydrogen) atoms. The SMILES string of the molecule is CC1CC(N2CC(C(C)(C)C)NCC2C)C1. The molecule has 1 aliphatic carbocycles. The van der Waals surface area contributed by atoms with Crippen LogP contribution in [0.5, 0.6) is 0 Å². The van der Waals surface area contributed by atoms with Crippen LogP contribution in [0.2, 0.25) is 0 Å². The highest BCUT2D eigenvalue weighted by atomic mass is 15.3. The van der Waals surface area contributed by atoms with Crippen LogP contribution in [0.1, 0.15) is 47.5 Å². The number of hydrogen-bond acceptors (Lipinski definition) is 2. The predicted octanol–water partition coefficient (Wildman–Crippen LogP) is 2.49. The maximum atomic E-state index is 3.71. The quantitative estimate of drug-likeness (QED) is 0.736. The largest absolute Gasteiger partial charge is 0.311 e. The summed E-state index contributed by atoms with van der Waals surface area (Å²) >= 11 is 0. The summed E-state index contributed by atoms with van der Waals surface area (Å²) in [5.74, 6) is 0.958. The lowest BCUT2D eigenvalue weighted by atomic mass is 9.78. The summed E-state index contributed by atoms with van der Waals surface area (Å²) in [6.45, 7) is 14.2. The molecule has 0 spiro atoms. The Kier molecular flexibility index (Phi) is 3.33. The highest BCUT2D eigenvalue weighted by Crippen LogP contribution is 2.34. The monoisotopic (exact) mass is 224 g/mol. The van der Waals surface area contributed by atoms with Gasteiger partial charge in [0.25, 0.3) is 0 Å². The Morgan fingerprint density at radius 3 is 2.25 bits per heavy atom. The lowest BCUT2D eigenvalue weighted by molar-refractivity contribution is 0.00639. The third-order valence-electron chi connectivity index (χ3n) is 4.48. The van der Waals surface area contributed by atoms with Crippen molar-refractivity contribution in [1.29, 1.82) is 0 Å². The van der Waals surface area contributed by atoms with Gasteiger partial charge in [-0.05, 0) is 31.1 Å². The average Bonchev–Trinajstić information content (AvgIpc) is 2.12. The van der Waals surface area contributed by atoms with Crippen LogP contribution in [0.15, 0.2) is 0 Å². The smallest absolute Gasteiger partial charge is 0.0244 e. The summed E-state index contributed by atoms with van der Waals surface area (Å²) in [6, 6.07) is 2.24. The van der Waals surface area contributed by atoms with Crippen LogP contribution < -0.4 is 5.32 Å². The summed E-state index contributed by atoms with van der Waals surface area (Å²) in [6.07, 6.45) is 2.84. The highest BCUT2D eigenvalue weighted by molar-refractivity contribution is 4.96. The fraction of sp³-hybridized carbons (Fsp3) is 1.00. The van der Waals surface area contributed by atoms with Gasteiger partial charge in [0.2, 0.25) is 0 Å². The Hall–Kier alpha value is -0.0800. The predicted molar refractivity (Wildman–Crippen MR) is 69.6 cm³/mol. The molecule has 1 saturated carbocycles. The molecule has 0 bridgehead atoms. The first-order valence-electron chi connectivity index (χ1n) is 6.87. The summed E-state index contributed by atoms with van der Waals surface area (Å²) in [5.41, 5.74) is 0.383. The van der Waals surface area contributed by atoms with Crippen LogP contribution in [-0.2, 0) is 0 Å². The Morgan fingerprint density at radius 2 is 1.75 bits per heavy atom. The third-order valence-corrected chi connectivity index (χ3v) is 4.48. The Morgan fingerprint density at radius 1 is 1.12 bits per heavy atom. The minimum absolute atomic E-state index is 0.383. The van der Waals surface area contributed by atoms with Crippen molar-refractivity contribution in [2.24, 2.45) is 11.3 Å². The van der Waals surface area contributed by atoms with E-state index in [0.717, 1.165) is 24.5 Å². The molecule has 0 amide bonds. The third kappa shape index (κ3) is 2.43. The fourth-order valence-electron chi connectivity index (χ4n) is 3.11. The van der Waals surface area contributed by atoms with Crippen molar-refractivity contribution in [3.05, 3.63) is 0 Å². The Labute approximate surface area is 101 Å². The van der Waals surface area contributed by atoms with E-state index in [-0.39, 0.29) is 0 Å². The van der Waals surface area contributed by atoms with Crippen molar-refractivity contribution in [1.82, 2.24) is 10.2 Å². The van der Waals surface area contributed by atoms with Crippen molar-refractivity contribution in [3.63, 3.8) is 0 Å². The van der Waals surface area contributed by atoms with E-state index in [0.29, 0.717) is 11.5 Å². The van der Waals surface area contributed by atoms with Gasteiger partial charge in [-0.25, -0.2) is 0 Å². The van der Waals surface area contributed by atoms with Crippen LogP contribution in [0.3, 0.4) is 0 Å². The van der Waals surface area contributed by atoms with Crippen molar-refractivity contribution in [3.8, 4) is 0 Å². The second-order valence-electron chi connectivity index (χ2n) is 7.10. The lowest BCUT2D eigenvalue weighted by Crippen LogP contribution is -2.63. The first kappa shape index (κ1) is 12.4. The molecule has 0 aromatic rings. The molecule has 2 unspecified atom stereocenters. The summed E-state index contributed by atoms with van der Waals surface area (Å²) < 4.78 is 0. The van der Waals surface area contributed by atoms with E-state index in [1.807, 2.05) is 0 Å². The zero-order chi connectivity index (χ0) is 11.9. The average molecular weight is 224 g/mol. The maximum absolute atomic E-state index is 3.71. The maximum Gasteiger partial charge on any atom is 0.0244 e. The normalized spacial score (nSPS) is 41.8. The van der Waals surface area contributed by atoms with E-state index in [9.17, 15) is 0 Å². The van der Waals surface area contributed by atoms with Gasteiger partial charge < -0.3 is 5.32 Å². The molecule has 2 aliphatic rings. The van der Waals surface area contributed by atoms with Crippen LogP contribution in [0.4, 0.5) is 0 Å². The van der Waals surface area contributed by atoms with Crippen LogP contribution in [-0.4, -0.2) is 36.1 Å². The van der Waals surface area contributed by atoms with Gasteiger partial charge in [-0.2, -0.15) is 0 Å². The molecule has 0 aromatic heterocycles. The highest BCUT2D eigenvalue weighted by Gasteiger charge is 2.39. The van der Waals surface area contributed by atoms with Gasteiger partial charge in [0.1, 0.15) is 0 Å². The lowest BCUT2D eigenvalue weighted by Gasteiger charge is -2.51. The number of nitrogens with zero attached hydrogens (tertiary/aromatic N) is 1. The van der Waals surface area contributed by atoms with Crippen LogP contribution >= 0.6 is 0 Å². The standard InChI is InChI=1S/C14H28N2/c1-10-6-12(7-10)16-9-13(14(3,4)5)15-8-11(16)2/h10-13,15H,6-9H2,1-5H3. The van der Waals surface area contributed by atoms with E-state index in [1.54, 1.807) is 0 Å². The number of nitrogens with one attached hydrogen (secondary N) is 1. The number of rotatable bonds is 1. The second kappa shape index (κ2) is 4.30. The van der Waals surface area contributed by atoms with Gasteiger partial charge in [-0.3, -0.25) is 4.90 Å². The first-order chi connectivity index (χ1) is 7.38. The molecule has 2 atom stereocenters. The van der Waals surface area contributed by atoms with E-state index in [1.165, 1.54) is 19.4 Å². The van der Waals surface area contributed by atoms with Gasteiger partial charge in [0, 0.05) is 31.2 Å². The van der Waals surface area contributed by atoms with Crippen molar-refractivity contribution in [2.75, 3.05) is 13.1 Å². The zero-order valence-corrected chi connectivity index (χ0v) is 11.6. The molecule has 0 radical (unpaired) electrons. The number of hydrogen-bond donors (Lipinski definition) is 1. The molecule has 1 heterocycles. The van der Waals surface area contributed by atoms with E-state index in [2.05, 4.69) is 44.8 Å². The molecule has 2 nitrogen and oxygen atoms in total. The van der Waals surface area contributed by atoms with E-state index in [4.69, 9.17) is 0 Å². The molecule has 94 valence electrons. The van der Waals surface area contributed by atoms with Crippen LogP contribution in [0.25, 0.3) is 0 Å². The molecule has 0 aromatic carbocycles. The molecular weight excluding hydrogens is 196 g/mol.